The molecule has 0 saturated heterocycles. The Morgan fingerprint density at radius 3 is 2.88 bits per heavy atom. The molecule has 2 aromatic rings. The van der Waals surface area contributed by atoms with Gasteiger partial charge in [-0.25, -0.2) is 9.67 Å². The van der Waals surface area contributed by atoms with Crippen molar-refractivity contribution in [3.05, 3.63) is 45.9 Å². The van der Waals surface area contributed by atoms with E-state index in [1.807, 2.05) is 6.07 Å². The largest absolute Gasteiger partial charge is 0.383 e. The van der Waals surface area contributed by atoms with E-state index in [4.69, 9.17) is 11.6 Å². The van der Waals surface area contributed by atoms with Crippen molar-refractivity contribution >= 4 is 27.5 Å². The van der Waals surface area contributed by atoms with Gasteiger partial charge in [-0.05, 0) is 19.1 Å². The third-order valence-electron chi connectivity index (χ3n) is 2.45. The number of benzene rings is 1. The number of nitrogens with zero attached hydrogens (tertiary/aromatic N) is 3. The number of hydrogen-bond acceptors (Lipinski definition) is 3. The van der Waals surface area contributed by atoms with Crippen molar-refractivity contribution in [2.24, 2.45) is 0 Å². The van der Waals surface area contributed by atoms with Crippen molar-refractivity contribution in [3.63, 3.8) is 0 Å². The van der Waals surface area contributed by atoms with Crippen LogP contribution < -0.4 is 0 Å². The SMILES string of the molecule is CC(O)(Cn1cncn1)c1ccc(Br)cc1Cl. The molecule has 1 unspecified atom stereocenters. The first-order valence-corrected chi connectivity index (χ1v) is 6.16. The minimum atomic E-state index is -1.09. The van der Waals surface area contributed by atoms with Gasteiger partial charge in [-0.1, -0.05) is 33.6 Å². The highest BCUT2D eigenvalue weighted by atomic mass is 79.9. The maximum Gasteiger partial charge on any atom is 0.137 e. The van der Waals surface area contributed by atoms with Crippen molar-refractivity contribution in [1.29, 1.82) is 0 Å². The molecule has 0 spiro atoms. The molecule has 0 amide bonds. The summed E-state index contributed by atoms with van der Waals surface area (Å²) < 4.78 is 2.45. The fourth-order valence-electron chi connectivity index (χ4n) is 1.64. The van der Waals surface area contributed by atoms with Gasteiger partial charge in [0, 0.05) is 15.1 Å². The van der Waals surface area contributed by atoms with Gasteiger partial charge >= 0.3 is 0 Å². The number of rotatable bonds is 3. The molecule has 6 heteroatoms. The van der Waals surface area contributed by atoms with E-state index < -0.39 is 5.60 Å². The van der Waals surface area contributed by atoms with Gasteiger partial charge in [0.25, 0.3) is 0 Å². The Kier molecular flexibility index (Phi) is 3.51. The van der Waals surface area contributed by atoms with Crippen LogP contribution in [0.2, 0.25) is 5.02 Å². The molecule has 90 valence electrons. The normalized spacial score (nSPS) is 14.6. The molecule has 17 heavy (non-hydrogen) atoms. The first-order chi connectivity index (χ1) is 7.99. The monoisotopic (exact) mass is 315 g/mol. The minimum absolute atomic E-state index is 0.300. The zero-order valence-electron chi connectivity index (χ0n) is 9.14. The number of aliphatic hydroxyl groups is 1. The van der Waals surface area contributed by atoms with Crippen LogP contribution in [0.3, 0.4) is 0 Å². The van der Waals surface area contributed by atoms with E-state index in [1.165, 1.54) is 6.33 Å². The Bertz CT molecular complexity index is 513. The van der Waals surface area contributed by atoms with Gasteiger partial charge in [0.1, 0.15) is 18.3 Å². The summed E-state index contributed by atoms with van der Waals surface area (Å²) in [6.45, 7) is 2.00. The second-order valence-corrected chi connectivity index (χ2v) is 5.31. The molecule has 0 aliphatic heterocycles. The number of aromatic nitrogens is 3. The van der Waals surface area contributed by atoms with Crippen LogP contribution in [0.1, 0.15) is 12.5 Å². The minimum Gasteiger partial charge on any atom is -0.383 e. The molecule has 0 aliphatic rings. The van der Waals surface area contributed by atoms with Crippen LogP contribution in [0.15, 0.2) is 35.3 Å². The third kappa shape index (κ3) is 2.86. The standard InChI is InChI=1S/C11H11BrClN3O/c1-11(17,5-16-7-14-6-15-16)9-3-2-8(12)4-10(9)13/h2-4,6-7,17H,5H2,1H3. The Morgan fingerprint density at radius 2 is 2.29 bits per heavy atom. The Morgan fingerprint density at radius 1 is 1.53 bits per heavy atom. The third-order valence-corrected chi connectivity index (χ3v) is 3.25. The molecule has 1 heterocycles. The Labute approximate surface area is 112 Å². The second-order valence-electron chi connectivity index (χ2n) is 3.99. The van der Waals surface area contributed by atoms with Crippen molar-refractivity contribution in [3.8, 4) is 0 Å². The van der Waals surface area contributed by atoms with E-state index in [-0.39, 0.29) is 0 Å². The Balaban J connectivity index is 2.30. The quantitative estimate of drug-likeness (QED) is 0.947. The summed E-state index contributed by atoms with van der Waals surface area (Å²) in [5.41, 5.74) is -0.427. The van der Waals surface area contributed by atoms with Crippen molar-refractivity contribution < 1.29 is 5.11 Å². The Hall–Kier alpha value is -0.910. The van der Waals surface area contributed by atoms with E-state index >= 15 is 0 Å². The first kappa shape index (κ1) is 12.5. The summed E-state index contributed by atoms with van der Waals surface area (Å²) in [5.74, 6) is 0. The summed E-state index contributed by atoms with van der Waals surface area (Å²) in [5, 5.41) is 14.9. The van der Waals surface area contributed by atoms with Crippen LogP contribution in [0.25, 0.3) is 0 Å². The molecule has 0 aliphatic carbocycles. The fraction of sp³-hybridized carbons (Fsp3) is 0.273. The van der Waals surface area contributed by atoms with Crippen LogP contribution in [-0.4, -0.2) is 19.9 Å². The first-order valence-electron chi connectivity index (χ1n) is 4.99. The highest BCUT2D eigenvalue weighted by Crippen LogP contribution is 2.31. The van der Waals surface area contributed by atoms with Crippen LogP contribution in [0.5, 0.6) is 0 Å². The summed E-state index contributed by atoms with van der Waals surface area (Å²) in [4.78, 5) is 3.84. The van der Waals surface area contributed by atoms with E-state index in [0.29, 0.717) is 17.1 Å². The molecule has 1 aromatic heterocycles. The molecule has 0 fully saturated rings. The lowest BCUT2D eigenvalue weighted by Crippen LogP contribution is -2.28. The zero-order chi connectivity index (χ0) is 12.5. The number of hydrogen-bond donors (Lipinski definition) is 1. The van der Waals surface area contributed by atoms with Gasteiger partial charge < -0.3 is 5.11 Å². The van der Waals surface area contributed by atoms with Crippen molar-refractivity contribution in [2.45, 2.75) is 19.1 Å². The van der Waals surface area contributed by atoms with Crippen LogP contribution in [-0.2, 0) is 12.1 Å². The lowest BCUT2D eigenvalue weighted by Gasteiger charge is -2.24. The van der Waals surface area contributed by atoms with Gasteiger partial charge in [-0.2, -0.15) is 5.10 Å². The topological polar surface area (TPSA) is 50.9 Å². The second kappa shape index (κ2) is 4.76. The molecule has 2 rings (SSSR count). The van der Waals surface area contributed by atoms with E-state index in [2.05, 4.69) is 26.0 Å². The maximum absolute atomic E-state index is 10.4. The summed E-state index contributed by atoms with van der Waals surface area (Å²) >= 11 is 9.45. The van der Waals surface area contributed by atoms with Gasteiger partial charge in [0.05, 0.1) is 6.54 Å². The molecular formula is C11H11BrClN3O. The van der Waals surface area contributed by atoms with Crippen molar-refractivity contribution in [1.82, 2.24) is 14.8 Å². The van der Waals surface area contributed by atoms with E-state index in [9.17, 15) is 5.11 Å². The van der Waals surface area contributed by atoms with Gasteiger partial charge in [0.15, 0.2) is 0 Å². The zero-order valence-corrected chi connectivity index (χ0v) is 11.5. The lowest BCUT2D eigenvalue weighted by atomic mass is 9.96. The van der Waals surface area contributed by atoms with Crippen LogP contribution >= 0.6 is 27.5 Å². The summed E-state index contributed by atoms with van der Waals surface area (Å²) in [7, 11) is 0. The molecular weight excluding hydrogens is 305 g/mol. The van der Waals surface area contributed by atoms with Crippen LogP contribution in [0.4, 0.5) is 0 Å². The molecule has 0 saturated carbocycles. The maximum atomic E-state index is 10.4. The lowest BCUT2D eigenvalue weighted by molar-refractivity contribution is 0.0346. The van der Waals surface area contributed by atoms with Crippen LogP contribution in [0, 0.1) is 0 Å². The molecule has 1 N–H and O–H groups in total. The molecule has 0 radical (unpaired) electrons. The van der Waals surface area contributed by atoms with Gasteiger partial charge in [-0.15, -0.1) is 0 Å². The van der Waals surface area contributed by atoms with Crippen molar-refractivity contribution in [2.75, 3.05) is 0 Å². The fourth-order valence-corrected chi connectivity index (χ4v) is 2.52. The predicted molar refractivity (Wildman–Crippen MR) is 68.7 cm³/mol. The number of halogens is 2. The average molecular weight is 317 g/mol. The predicted octanol–water partition coefficient (Wildman–Crippen LogP) is 2.60. The molecule has 1 aromatic carbocycles. The van der Waals surface area contributed by atoms with E-state index in [0.717, 1.165) is 4.47 Å². The molecule has 1 atom stereocenters. The molecule has 0 bridgehead atoms. The summed E-state index contributed by atoms with van der Waals surface area (Å²) in [6.07, 6.45) is 2.99. The highest BCUT2D eigenvalue weighted by Gasteiger charge is 2.26. The molecule has 4 nitrogen and oxygen atoms in total. The average Bonchev–Trinajstić information content (AvgIpc) is 2.68. The summed E-state index contributed by atoms with van der Waals surface area (Å²) in [6, 6.07) is 5.40. The smallest absolute Gasteiger partial charge is 0.137 e. The van der Waals surface area contributed by atoms with E-state index in [1.54, 1.807) is 30.1 Å². The van der Waals surface area contributed by atoms with Gasteiger partial charge in [-0.3, -0.25) is 0 Å². The van der Waals surface area contributed by atoms with Gasteiger partial charge in [0.2, 0.25) is 0 Å². The highest BCUT2D eigenvalue weighted by molar-refractivity contribution is 9.10.